The minimum Gasteiger partial charge on any atom is -0.393 e. The van der Waals surface area contributed by atoms with Gasteiger partial charge in [-0.1, -0.05) is 58.2 Å². The summed E-state index contributed by atoms with van der Waals surface area (Å²) in [6.07, 6.45) is 8.69. The van der Waals surface area contributed by atoms with E-state index in [0.29, 0.717) is 29.1 Å². The molecule has 137 valence electrons. The average molecular weight is 362 g/mol. The van der Waals surface area contributed by atoms with Crippen LogP contribution in [-0.2, 0) is 13.6 Å². The molecule has 0 N–H and O–H groups in total. The molecule has 0 heterocycles. The average Bonchev–Trinajstić information content (AvgIpc) is 2.51. The zero-order chi connectivity index (χ0) is 17.5. The maximum atomic E-state index is 12.1. The minimum atomic E-state index is -1.23. The van der Waals surface area contributed by atoms with Crippen molar-refractivity contribution in [2.45, 2.75) is 96.8 Å². The van der Waals surface area contributed by atoms with Crippen LogP contribution in [-0.4, -0.2) is 32.9 Å². The van der Waals surface area contributed by atoms with Gasteiger partial charge in [-0.2, -0.15) is 0 Å². The largest absolute Gasteiger partial charge is 0.393 e. The number of carbonyl (C=O) groups excluding carboxylic acids is 1. The third kappa shape index (κ3) is 12.2. The Morgan fingerprint density at radius 1 is 1.00 bits per heavy atom. The van der Waals surface area contributed by atoms with Gasteiger partial charge in [-0.15, -0.1) is 0 Å². The van der Waals surface area contributed by atoms with Gasteiger partial charge >= 0.3 is 9.28 Å². The first-order valence-electron chi connectivity index (χ1n) is 9.40. The van der Waals surface area contributed by atoms with Crippen molar-refractivity contribution in [2.75, 3.05) is 13.2 Å². The summed E-state index contributed by atoms with van der Waals surface area (Å²) in [5.74, 6) is 0. The molecule has 0 fully saturated rings. The third-order valence-electron chi connectivity index (χ3n) is 3.73. The summed E-state index contributed by atoms with van der Waals surface area (Å²) in [6, 6.07) is 0. The number of hydrogen-bond donors (Lipinski definition) is 0. The number of rotatable bonds is 15. The van der Waals surface area contributed by atoms with Gasteiger partial charge in [0.2, 0.25) is 0 Å². The van der Waals surface area contributed by atoms with Crippen LogP contribution in [0.2, 0.25) is 5.54 Å². The molecule has 5 heteroatoms. The Balaban J connectivity index is 4.30. The Morgan fingerprint density at radius 3 is 2.17 bits per heavy atom. The molecule has 1 radical (unpaired) electrons. The molecule has 0 rings (SSSR count). The van der Waals surface area contributed by atoms with Crippen LogP contribution in [0.1, 0.15) is 86.0 Å². The standard InChI is InChI=1S/C18H37O3SSi/c1-6-10-11-12-14-18(19)22-16(5)15-17(13-7-2)23(20-8-3)21-9-4/h16-17H,6-15H2,1-5H3. The fourth-order valence-electron chi connectivity index (χ4n) is 2.67. The van der Waals surface area contributed by atoms with Crippen LogP contribution in [0.3, 0.4) is 0 Å². The van der Waals surface area contributed by atoms with E-state index in [4.69, 9.17) is 8.85 Å². The van der Waals surface area contributed by atoms with E-state index in [1.165, 1.54) is 31.0 Å². The van der Waals surface area contributed by atoms with E-state index in [-0.39, 0.29) is 0 Å². The molecule has 3 nitrogen and oxygen atoms in total. The van der Waals surface area contributed by atoms with Crippen molar-refractivity contribution < 1.29 is 13.6 Å². The summed E-state index contributed by atoms with van der Waals surface area (Å²) in [5.41, 5.74) is 0.472. The highest BCUT2D eigenvalue weighted by atomic mass is 32.2. The second-order valence-electron chi connectivity index (χ2n) is 6.02. The maximum Gasteiger partial charge on any atom is 0.388 e. The lowest BCUT2D eigenvalue weighted by atomic mass is 10.1. The van der Waals surface area contributed by atoms with Gasteiger partial charge < -0.3 is 8.85 Å². The van der Waals surface area contributed by atoms with E-state index in [9.17, 15) is 4.79 Å². The summed E-state index contributed by atoms with van der Waals surface area (Å²) < 4.78 is 11.8. The summed E-state index contributed by atoms with van der Waals surface area (Å²) in [5, 5.41) is 0.705. The molecule has 0 amide bonds. The normalized spacial score (nSPS) is 14.2. The predicted molar refractivity (Wildman–Crippen MR) is 103 cm³/mol. The van der Waals surface area contributed by atoms with E-state index in [0.717, 1.165) is 32.1 Å². The topological polar surface area (TPSA) is 35.5 Å². The molecular weight excluding hydrogens is 324 g/mol. The van der Waals surface area contributed by atoms with Gasteiger partial charge in [-0.25, -0.2) is 0 Å². The van der Waals surface area contributed by atoms with Gasteiger partial charge in [-0.05, 0) is 33.1 Å². The SMILES string of the molecule is CCCCCCC(=O)SC(C)CC(CCC)[Si](OCC)OCC. The first-order chi connectivity index (χ1) is 11.1. The van der Waals surface area contributed by atoms with E-state index >= 15 is 0 Å². The molecule has 0 spiro atoms. The Labute approximate surface area is 150 Å². The van der Waals surface area contributed by atoms with Crippen LogP contribution < -0.4 is 0 Å². The van der Waals surface area contributed by atoms with Crippen LogP contribution >= 0.6 is 11.8 Å². The lowest BCUT2D eigenvalue weighted by molar-refractivity contribution is -0.111. The van der Waals surface area contributed by atoms with Crippen molar-refractivity contribution in [2.24, 2.45) is 0 Å². The Kier molecular flexibility index (Phi) is 15.8. The molecule has 0 saturated carbocycles. The second-order valence-corrected chi connectivity index (χ2v) is 9.55. The monoisotopic (exact) mass is 361 g/mol. The molecule has 0 bridgehead atoms. The molecule has 0 aliphatic rings. The molecule has 0 aliphatic heterocycles. The quantitative estimate of drug-likeness (QED) is 0.276. The highest BCUT2D eigenvalue weighted by Gasteiger charge is 2.29. The highest BCUT2D eigenvalue weighted by molar-refractivity contribution is 8.14. The Bertz CT molecular complexity index is 283. The van der Waals surface area contributed by atoms with E-state index in [1.807, 2.05) is 13.8 Å². The third-order valence-corrected chi connectivity index (χ3v) is 7.13. The minimum absolute atomic E-state index is 0.352. The number of unbranched alkanes of at least 4 members (excludes halogenated alkanes) is 3. The van der Waals surface area contributed by atoms with Crippen LogP contribution in [0.4, 0.5) is 0 Å². The van der Waals surface area contributed by atoms with E-state index in [1.54, 1.807) is 0 Å². The zero-order valence-electron chi connectivity index (χ0n) is 15.9. The van der Waals surface area contributed by atoms with Crippen LogP contribution in [0.15, 0.2) is 0 Å². The number of hydrogen-bond acceptors (Lipinski definition) is 4. The lowest BCUT2D eigenvalue weighted by Gasteiger charge is -2.25. The first kappa shape index (κ1) is 23.2. The van der Waals surface area contributed by atoms with Gasteiger partial charge in [0, 0.05) is 30.4 Å². The predicted octanol–water partition coefficient (Wildman–Crippen LogP) is 5.73. The highest BCUT2D eigenvalue weighted by Crippen LogP contribution is 2.31. The zero-order valence-corrected chi connectivity index (χ0v) is 17.7. The summed E-state index contributed by atoms with van der Waals surface area (Å²) in [7, 11) is -1.23. The molecule has 0 aromatic carbocycles. The van der Waals surface area contributed by atoms with Gasteiger partial charge in [0.05, 0.1) is 0 Å². The van der Waals surface area contributed by atoms with Gasteiger partial charge in [0.15, 0.2) is 5.12 Å². The summed E-state index contributed by atoms with van der Waals surface area (Å²) in [4.78, 5) is 12.1. The molecule has 23 heavy (non-hydrogen) atoms. The Hall–Kier alpha value is 0.157. The van der Waals surface area contributed by atoms with Crippen LogP contribution in [0, 0.1) is 0 Å². The molecule has 0 aromatic heterocycles. The first-order valence-corrected chi connectivity index (χ1v) is 11.7. The fraction of sp³-hybridized carbons (Fsp3) is 0.944. The lowest BCUT2D eigenvalue weighted by Crippen LogP contribution is -2.31. The molecule has 0 aromatic rings. The van der Waals surface area contributed by atoms with Crippen LogP contribution in [0.25, 0.3) is 0 Å². The smallest absolute Gasteiger partial charge is 0.388 e. The molecule has 2 unspecified atom stereocenters. The van der Waals surface area contributed by atoms with Crippen molar-refractivity contribution in [3.05, 3.63) is 0 Å². The molecule has 0 aliphatic carbocycles. The van der Waals surface area contributed by atoms with Crippen molar-refractivity contribution in [3.63, 3.8) is 0 Å². The van der Waals surface area contributed by atoms with Crippen molar-refractivity contribution >= 4 is 26.2 Å². The van der Waals surface area contributed by atoms with Crippen LogP contribution in [0.5, 0.6) is 0 Å². The second kappa shape index (κ2) is 15.7. The number of thioether (sulfide) groups is 1. The van der Waals surface area contributed by atoms with Crippen molar-refractivity contribution in [1.29, 1.82) is 0 Å². The van der Waals surface area contributed by atoms with E-state index in [2.05, 4.69) is 20.8 Å². The van der Waals surface area contributed by atoms with Gasteiger partial charge in [0.1, 0.15) is 0 Å². The molecule has 0 saturated heterocycles. The summed E-state index contributed by atoms with van der Waals surface area (Å²) >= 11 is 1.53. The fourth-order valence-corrected chi connectivity index (χ4v) is 6.07. The van der Waals surface area contributed by atoms with Gasteiger partial charge in [-0.3, -0.25) is 4.79 Å². The van der Waals surface area contributed by atoms with Crippen molar-refractivity contribution in [1.82, 2.24) is 0 Å². The molecule has 2 atom stereocenters. The Morgan fingerprint density at radius 2 is 1.65 bits per heavy atom. The van der Waals surface area contributed by atoms with Gasteiger partial charge in [0.25, 0.3) is 0 Å². The summed E-state index contributed by atoms with van der Waals surface area (Å²) in [6.45, 7) is 12.1. The molecular formula is C18H37O3SSi. The maximum absolute atomic E-state index is 12.1. The number of carbonyl (C=O) groups is 1. The van der Waals surface area contributed by atoms with E-state index < -0.39 is 9.28 Å². The van der Waals surface area contributed by atoms with Crippen molar-refractivity contribution in [3.8, 4) is 0 Å².